The summed E-state index contributed by atoms with van der Waals surface area (Å²) in [6, 6.07) is 37.8. The number of rotatable bonds is 7. The Labute approximate surface area is 278 Å². The first kappa shape index (κ1) is 37.4. The number of aromatic amines is 1. The molecule has 0 saturated heterocycles. The molecule has 13 heteroatoms. The molecule has 0 fully saturated rings. The van der Waals surface area contributed by atoms with Crippen molar-refractivity contribution >= 4 is 40.5 Å². The summed E-state index contributed by atoms with van der Waals surface area (Å²) >= 11 is -1.50. The van der Waals surface area contributed by atoms with Crippen molar-refractivity contribution < 1.29 is 26.4 Å². The van der Waals surface area contributed by atoms with Crippen molar-refractivity contribution in [2.24, 2.45) is 5.10 Å². The number of aromatic nitrogens is 2. The smallest absolute Gasteiger partial charge is 0.287 e. The van der Waals surface area contributed by atoms with Gasteiger partial charge in [0.15, 0.2) is 0 Å². The lowest BCUT2D eigenvalue weighted by Crippen LogP contribution is -2.23. The third-order valence-electron chi connectivity index (χ3n) is 6.21. The fourth-order valence-corrected chi connectivity index (χ4v) is 4.20. The summed E-state index contributed by atoms with van der Waals surface area (Å²) in [7, 11) is 0. The van der Waals surface area contributed by atoms with Gasteiger partial charge in [-0.3, -0.25) is 14.4 Å². The number of nitrogens with one attached hydrogen (secondary N) is 2. The maximum absolute atomic E-state index is 12.2. The molecule has 1 heterocycles. The number of amides is 1. The third-order valence-corrected chi connectivity index (χ3v) is 6.21. The number of hydrogen-bond acceptors (Lipinski definition) is 9. The molecule has 0 radical (unpaired) electrons. The number of carbonyl (C=O) groups is 2. The highest BCUT2D eigenvalue weighted by Gasteiger charge is 2.15. The first-order chi connectivity index (χ1) is 22.8. The van der Waals surface area contributed by atoms with E-state index in [0.717, 1.165) is 27.9 Å². The van der Waals surface area contributed by atoms with Gasteiger partial charge in [0, 0.05) is 11.1 Å². The Balaban J connectivity index is 0.000000280. The molecular formula is C34H30N4O7S2. The molecular weight excluding hydrogens is 641 g/mol. The van der Waals surface area contributed by atoms with Crippen molar-refractivity contribution in [2.45, 2.75) is 20.3 Å². The van der Waals surface area contributed by atoms with Crippen LogP contribution in [-0.2, 0) is 34.4 Å². The molecule has 11 nitrogen and oxygen atoms in total. The van der Waals surface area contributed by atoms with Gasteiger partial charge in [0.05, 0.1) is 17.7 Å². The molecule has 2 N–H and O–H groups in total. The molecule has 0 bridgehead atoms. The maximum atomic E-state index is 12.2. The number of aryl methyl sites for hydroxylation is 1. The minimum atomic E-state index is -0.750. The highest BCUT2D eigenvalue weighted by Crippen LogP contribution is 2.30. The Morgan fingerprint density at radius 2 is 1.13 bits per heavy atom. The first-order valence-corrected chi connectivity index (χ1v) is 15.1. The van der Waals surface area contributed by atoms with E-state index in [1.54, 1.807) is 31.2 Å². The SMILES string of the molecule is C/C(=N/NC(=O)Cc1ccccc1)C(=O)c1ccccc1.Cc1n[nH]c(=O)c(-c2ccccc2)c1-c1ccccc1.O=S=O.O=S=O. The molecule has 0 unspecified atom stereocenters. The number of nitrogens with zero attached hydrogens (tertiary/aromatic N) is 2. The van der Waals surface area contributed by atoms with Crippen LogP contribution in [0.3, 0.4) is 0 Å². The predicted octanol–water partition coefficient (Wildman–Crippen LogP) is 4.68. The van der Waals surface area contributed by atoms with Crippen molar-refractivity contribution in [3.8, 4) is 22.3 Å². The van der Waals surface area contributed by atoms with Crippen LogP contribution in [0.4, 0.5) is 0 Å². The molecule has 0 atom stereocenters. The zero-order valence-electron chi connectivity index (χ0n) is 25.3. The summed E-state index contributed by atoms with van der Waals surface area (Å²) in [6.45, 7) is 3.49. The molecule has 5 aromatic rings. The summed E-state index contributed by atoms with van der Waals surface area (Å²) in [5.74, 6) is -0.447. The van der Waals surface area contributed by atoms with Crippen LogP contribution in [-0.4, -0.2) is 44.4 Å². The molecule has 47 heavy (non-hydrogen) atoms. The quantitative estimate of drug-likeness (QED) is 0.143. The Hall–Kier alpha value is -5.79. The molecule has 240 valence electrons. The van der Waals surface area contributed by atoms with Gasteiger partial charge < -0.3 is 0 Å². The van der Waals surface area contributed by atoms with Gasteiger partial charge in [-0.1, -0.05) is 121 Å². The van der Waals surface area contributed by atoms with Gasteiger partial charge in [-0.2, -0.15) is 27.0 Å². The summed E-state index contributed by atoms with van der Waals surface area (Å²) in [4.78, 5) is 36.0. The molecule has 0 aliphatic heterocycles. The molecule has 1 amide bonds. The molecule has 0 aliphatic carbocycles. The molecule has 0 saturated carbocycles. The Bertz CT molecular complexity index is 1880. The zero-order chi connectivity index (χ0) is 34.4. The van der Waals surface area contributed by atoms with Crippen molar-refractivity contribution in [2.75, 3.05) is 0 Å². The van der Waals surface area contributed by atoms with Gasteiger partial charge in [0.1, 0.15) is 5.71 Å². The Kier molecular flexibility index (Phi) is 16.7. The van der Waals surface area contributed by atoms with E-state index >= 15 is 0 Å². The lowest BCUT2D eigenvalue weighted by atomic mass is 9.95. The largest absolute Gasteiger partial charge is 0.335 e. The van der Waals surface area contributed by atoms with E-state index in [1.165, 1.54) is 0 Å². The zero-order valence-corrected chi connectivity index (χ0v) is 27.0. The average molecular weight is 671 g/mol. The van der Waals surface area contributed by atoms with E-state index in [-0.39, 0.29) is 29.4 Å². The van der Waals surface area contributed by atoms with Crippen LogP contribution in [0.5, 0.6) is 0 Å². The topological polar surface area (TPSA) is 173 Å². The van der Waals surface area contributed by atoms with E-state index in [0.29, 0.717) is 11.1 Å². The molecule has 4 aromatic carbocycles. The van der Waals surface area contributed by atoms with Crippen molar-refractivity contribution in [3.05, 3.63) is 149 Å². The predicted molar refractivity (Wildman–Crippen MR) is 180 cm³/mol. The monoisotopic (exact) mass is 670 g/mol. The van der Waals surface area contributed by atoms with Crippen LogP contribution in [0.1, 0.15) is 28.5 Å². The molecule has 0 aliphatic rings. The van der Waals surface area contributed by atoms with E-state index in [9.17, 15) is 14.4 Å². The summed E-state index contributed by atoms with van der Waals surface area (Å²) in [6.07, 6.45) is 0.233. The average Bonchev–Trinajstić information content (AvgIpc) is 3.10. The summed E-state index contributed by atoms with van der Waals surface area (Å²) < 4.78 is 33.2. The number of hydrogen-bond donors (Lipinski definition) is 2. The number of ketones is 1. The molecule has 0 spiro atoms. The lowest BCUT2D eigenvalue weighted by molar-refractivity contribution is -0.120. The lowest BCUT2D eigenvalue weighted by Gasteiger charge is -2.11. The highest BCUT2D eigenvalue weighted by molar-refractivity contribution is 7.51. The molecule has 1 aromatic heterocycles. The van der Waals surface area contributed by atoms with Gasteiger partial charge in [0.25, 0.3) is 5.56 Å². The third kappa shape index (κ3) is 12.6. The second-order valence-electron chi connectivity index (χ2n) is 9.35. The normalized spacial score (nSPS) is 9.87. The Morgan fingerprint density at radius 1 is 0.702 bits per heavy atom. The fourth-order valence-electron chi connectivity index (χ4n) is 4.20. The minimum absolute atomic E-state index is 0.166. The van der Waals surface area contributed by atoms with Crippen LogP contribution in [0.15, 0.2) is 131 Å². The van der Waals surface area contributed by atoms with Crippen molar-refractivity contribution in [3.63, 3.8) is 0 Å². The molecule has 5 rings (SSSR count). The van der Waals surface area contributed by atoms with Crippen molar-refractivity contribution in [1.29, 1.82) is 0 Å². The second-order valence-corrected chi connectivity index (χ2v) is 9.62. The number of H-pyrrole nitrogens is 1. The van der Waals surface area contributed by atoms with Gasteiger partial charge in [-0.15, -0.1) is 0 Å². The first-order valence-electron chi connectivity index (χ1n) is 13.8. The fraction of sp³-hybridized carbons (Fsp3) is 0.0882. The maximum Gasteiger partial charge on any atom is 0.335 e. The number of benzene rings is 4. The summed E-state index contributed by atoms with van der Waals surface area (Å²) in [5, 5.41) is 10.5. The number of carbonyl (C=O) groups excluding carboxylic acids is 2. The van der Waals surface area contributed by atoms with Crippen LogP contribution in [0.25, 0.3) is 22.3 Å². The standard InChI is InChI=1S/C17H16N2O2.C17H14N2O.2O2S/c1-13(17(21)15-10-6-3-7-11-15)18-19-16(20)12-14-8-4-2-5-9-14;1-12-15(13-8-4-2-5-9-13)16(17(20)19-18-12)14-10-6-3-7-11-14;2*1-3-2/h2-11H,12H2,1H3,(H,19,20);2-11H,1H3,(H,19,20);;/b18-13-;;;. The van der Waals surface area contributed by atoms with Crippen LogP contribution in [0, 0.1) is 6.92 Å². The minimum Gasteiger partial charge on any atom is -0.287 e. The summed E-state index contributed by atoms with van der Waals surface area (Å²) in [5.41, 5.74) is 8.23. The number of Topliss-reactive ketones (excluding diaryl/α,β-unsaturated/α-hetero) is 1. The number of hydrazone groups is 1. The highest BCUT2D eigenvalue weighted by atomic mass is 32.1. The van der Waals surface area contributed by atoms with E-state index in [1.807, 2.05) is 104 Å². The van der Waals surface area contributed by atoms with Crippen LogP contribution >= 0.6 is 0 Å². The second kappa shape index (κ2) is 21.0. The Morgan fingerprint density at radius 3 is 1.62 bits per heavy atom. The van der Waals surface area contributed by atoms with Crippen molar-refractivity contribution in [1.82, 2.24) is 15.6 Å². The van der Waals surface area contributed by atoms with E-state index < -0.39 is 23.1 Å². The van der Waals surface area contributed by atoms with Gasteiger partial charge >= 0.3 is 23.1 Å². The van der Waals surface area contributed by atoms with Gasteiger partial charge in [-0.25, -0.2) is 10.5 Å². The van der Waals surface area contributed by atoms with E-state index in [4.69, 9.17) is 16.8 Å². The van der Waals surface area contributed by atoms with Crippen LogP contribution in [0.2, 0.25) is 0 Å². The van der Waals surface area contributed by atoms with Crippen LogP contribution < -0.4 is 11.0 Å². The van der Waals surface area contributed by atoms with Gasteiger partial charge in [-0.05, 0) is 30.5 Å². The van der Waals surface area contributed by atoms with E-state index in [2.05, 4.69) is 20.7 Å². The van der Waals surface area contributed by atoms with Gasteiger partial charge in [0.2, 0.25) is 11.7 Å².